The summed E-state index contributed by atoms with van der Waals surface area (Å²) >= 11 is 0. The molecule has 1 aliphatic rings. The first-order chi connectivity index (χ1) is 11.7. The number of hydrogen-bond acceptors (Lipinski definition) is 7. The fourth-order valence-corrected chi connectivity index (χ4v) is 2.94. The third kappa shape index (κ3) is 3.82. The van der Waals surface area contributed by atoms with Crippen molar-refractivity contribution in [1.29, 1.82) is 0 Å². The van der Waals surface area contributed by atoms with Gasteiger partial charge in [0, 0.05) is 39.6 Å². The van der Waals surface area contributed by atoms with Crippen LogP contribution in [-0.4, -0.2) is 57.8 Å². The minimum absolute atomic E-state index is 0.0825. The van der Waals surface area contributed by atoms with Gasteiger partial charge in [0.2, 0.25) is 5.95 Å². The van der Waals surface area contributed by atoms with Crippen LogP contribution in [-0.2, 0) is 11.8 Å². The summed E-state index contributed by atoms with van der Waals surface area (Å²) in [5.41, 5.74) is 1.01. The van der Waals surface area contributed by atoms with Crippen LogP contribution < -0.4 is 10.2 Å². The minimum atomic E-state index is -0.198. The Kier molecular flexibility index (Phi) is 5.27. The number of aliphatic hydroxyl groups is 1. The van der Waals surface area contributed by atoms with Crippen LogP contribution in [0, 0.1) is 0 Å². The average molecular weight is 332 g/mol. The molecule has 1 fully saturated rings. The highest BCUT2D eigenvalue weighted by molar-refractivity contribution is 5.43. The second-order valence-electron chi connectivity index (χ2n) is 5.99. The first-order valence-electron chi connectivity index (χ1n) is 8.17. The van der Waals surface area contributed by atoms with Gasteiger partial charge in [-0.3, -0.25) is 4.68 Å². The van der Waals surface area contributed by atoms with Gasteiger partial charge >= 0.3 is 0 Å². The molecule has 0 bridgehead atoms. The molecule has 8 heteroatoms. The zero-order chi connectivity index (χ0) is 16.9. The van der Waals surface area contributed by atoms with Gasteiger partial charge in [-0.2, -0.15) is 10.1 Å². The third-order valence-corrected chi connectivity index (χ3v) is 4.28. The lowest BCUT2D eigenvalue weighted by atomic mass is 10.1. The Morgan fingerprint density at radius 2 is 2.12 bits per heavy atom. The van der Waals surface area contributed by atoms with Crippen molar-refractivity contribution in [1.82, 2.24) is 19.7 Å². The molecule has 1 aliphatic heterocycles. The van der Waals surface area contributed by atoms with E-state index in [0.29, 0.717) is 12.6 Å². The first-order valence-corrected chi connectivity index (χ1v) is 8.17. The van der Waals surface area contributed by atoms with Crippen molar-refractivity contribution in [2.75, 3.05) is 37.0 Å². The van der Waals surface area contributed by atoms with Crippen molar-refractivity contribution in [2.45, 2.75) is 25.0 Å². The largest absolute Gasteiger partial charge is 0.393 e. The van der Waals surface area contributed by atoms with E-state index in [0.717, 1.165) is 37.4 Å². The number of aromatic nitrogens is 4. The van der Waals surface area contributed by atoms with Gasteiger partial charge in [-0.25, -0.2) is 4.98 Å². The van der Waals surface area contributed by atoms with Crippen molar-refractivity contribution >= 4 is 11.8 Å². The molecule has 1 saturated heterocycles. The van der Waals surface area contributed by atoms with Gasteiger partial charge < -0.3 is 20.1 Å². The molecule has 0 radical (unpaired) electrons. The van der Waals surface area contributed by atoms with Gasteiger partial charge in [0.1, 0.15) is 5.82 Å². The van der Waals surface area contributed by atoms with Gasteiger partial charge in [-0.1, -0.05) is 0 Å². The molecule has 0 aromatic carbocycles. The zero-order valence-electron chi connectivity index (χ0n) is 14.1. The minimum Gasteiger partial charge on any atom is -0.393 e. The van der Waals surface area contributed by atoms with Crippen molar-refractivity contribution in [3.8, 4) is 0 Å². The second-order valence-corrected chi connectivity index (χ2v) is 5.99. The molecule has 8 nitrogen and oxygen atoms in total. The number of ether oxygens (including phenoxy) is 1. The van der Waals surface area contributed by atoms with E-state index in [4.69, 9.17) is 4.74 Å². The molecule has 2 aromatic rings. The summed E-state index contributed by atoms with van der Waals surface area (Å²) in [5, 5.41) is 17.2. The maximum Gasteiger partial charge on any atom is 0.225 e. The number of rotatable bonds is 6. The van der Waals surface area contributed by atoms with Crippen LogP contribution >= 0.6 is 0 Å². The van der Waals surface area contributed by atoms with Crippen LogP contribution in [0.1, 0.15) is 24.6 Å². The van der Waals surface area contributed by atoms with Crippen LogP contribution in [0.15, 0.2) is 24.5 Å². The predicted octanol–water partition coefficient (Wildman–Crippen LogP) is 0.971. The second kappa shape index (κ2) is 7.59. The summed E-state index contributed by atoms with van der Waals surface area (Å²) in [6.07, 6.45) is 4.86. The molecule has 1 atom stereocenters. The summed E-state index contributed by atoms with van der Waals surface area (Å²) in [7, 11) is 3.57. The number of aryl methyl sites for hydroxylation is 1. The van der Waals surface area contributed by atoms with Crippen molar-refractivity contribution in [3.63, 3.8) is 0 Å². The molecule has 3 rings (SSSR count). The Labute approximate surface area is 141 Å². The molecule has 0 saturated carbocycles. The van der Waals surface area contributed by atoms with E-state index in [2.05, 4.69) is 25.3 Å². The van der Waals surface area contributed by atoms with Crippen LogP contribution in [0.4, 0.5) is 11.8 Å². The number of nitrogens with zero attached hydrogens (tertiary/aromatic N) is 5. The van der Waals surface area contributed by atoms with Crippen molar-refractivity contribution in [2.24, 2.45) is 7.05 Å². The van der Waals surface area contributed by atoms with E-state index in [1.54, 1.807) is 19.5 Å². The SMILES string of the molecule is COCC(Nc1nccc(N2CCC(O)CC2)n1)c1ccnn1C. The maximum absolute atomic E-state index is 9.64. The van der Waals surface area contributed by atoms with Crippen LogP contribution in [0.5, 0.6) is 0 Å². The molecule has 1 unspecified atom stereocenters. The van der Waals surface area contributed by atoms with Gasteiger partial charge in [-0.05, 0) is 25.0 Å². The highest BCUT2D eigenvalue weighted by atomic mass is 16.5. The molecule has 0 amide bonds. The van der Waals surface area contributed by atoms with E-state index in [9.17, 15) is 5.11 Å². The quantitative estimate of drug-likeness (QED) is 0.815. The summed E-state index contributed by atoms with van der Waals surface area (Å²) in [6, 6.07) is 3.77. The summed E-state index contributed by atoms with van der Waals surface area (Å²) < 4.78 is 7.13. The maximum atomic E-state index is 9.64. The Hall–Kier alpha value is -2.19. The van der Waals surface area contributed by atoms with E-state index in [1.165, 1.54) is 0 Å². The monoisotopic (exact) mass is 332 g/mol. The lowest BCUT2D eigenvalue weighted by molar-refractivity contribution is 0.145. The van der Waals surface area contributed by atoms with Crippen LogP contribution in [0.2, 0.25) is 0 Å². The molecule has 24 heavy (non-hydrogen) atoms. The average Bonchev–Trinajstić information content (AvgIpc) is 3.01. The standard InChI is InChI=1S/C16H24N6O2/c1-21-14(3-8-18-21)13(11-24-2)19-16-17-7-4-15(20-16)22-9-5-12(23)6-10-22/h3-4,7-8,12-13,23H,5-6,9-11H2,1-2H3,(H,17,19,20). The summed E-state index contributed by atoms with van der Waals surface area (Å²) in [4.78, 5) is 11.1. The molecular formula is C16H24N6O2. The Morgan fingerprint density at radius 3 is 2.79 bits per heavy atom. The fourth-order valence-electron chi connectivity index (χ4n) is 2.94. The number of aliphatic hydroxyl groups excluding tert-OH is 1. The topological polar surface area (TPSA) is 88.3 Å². The Balaban J connectivity index is 1.74. The van der Waals surface area contributed by atoms with E-state index in [1.807, 2.05) is 23.9 Å². The molecule has 0 spiro atoms. The van der Waals surface area contributed by atoms with Crippen LogP contribution in [0.25, 0.3) is 0 Å². The fraction of sp³-hybridized carbons (Fsp3) is 0.562. The normalized spacial score (nSPS) is 17.0. The third-order valence-electron chi connectivity index (χ3n) is 4.28. The molecule has 0 aliphatic carbocycles. The van der Waals surface area contributed by atoms with Crippen LogP contribution in [0.3, 0.4) is 0 Å². The molecule has 2 aromatic heterocycles. The zero-order valence-corrected chi connectivity index (χ0v) is 14.1. The van der Waals surface area contributed by atoms with Gasteiger partial charge in [0.25, 0.3) is 0 Å². The number of methoxy groups -OCH3 is 1. The number of piperidine rings is 1. The number of nitrogens with one attached hydrogen (secondary N) is 1. The molecule has 130 valence electrons. The Morgan fingerprint density at radius 1 is 1.33 bits per heavy atom. The Bertz CT molecular complexity index is 654. The van der Waals surface area contributed by atoms with Gasteiger partial charge in [-0.15, -0.1) is 0 Å². The van der Waals surface area contributed by atoms with Gasteiger partial charge in [0.15, 0.2) is 0 Å². The van der Waals surface area contributed by atoms with Gasteiger partial charge in [0.05, 0.1) is 24.4 Å². The smallest absolute Gasteiger partial charge is 0.225 e. The van der Waals surface area contributed by atoms with Crippen molar-refractivity contribution in [3.05, 3.63) is 30.2 Å². The highest BCUT2D eigenvalue weighted by Gasteiger charge is 2.20. The lowest BCUT2D eigenvalue weighted by Gasteiger charge is -2.30. The summed E-state index contributed by atoms with van der Waals surface area (Å²) in [6.45, 7) is 2.10. The molecular weight excluding hydrogens is 308 g/mol. The first kappa shape index (κ1) is 16.7. The van der Waals surface area contributed by atoms with E-state index in [-0.39, 0.29) is 12.1 Å². The molecule has 3 heterocycles. The van der Waals surface area contributed by atoms with E-state index < -0.39 is 0 Å². The molecule has 2 N–H and O–H groups in total. The summed E-state index contributed by atoms with van der Waals surface area (Å²) in [5.74, 6) is 1.43. The van der Waals surface area contributed by atoms with Crippen molar-refractivity contribution < 1.29 is 9.84 Å². The lowest BCUT2D eigenvalue weighted by Crippen LogP contribution is -2.36. The predicted molar refractivity (Wildman–Crippen MR) is 90.9 cm³/mol. The van der Waals surface area contributed by atoms with E-state index >= 15 is 0 Å². The number of anilines is 2. The highest BCUT2D eigenvalue weighted by Crippen LogP contribution is 2.21. The number of hydrogen-bond donors (Lipinski definition) is 2.